The number of fused-ring (bicyclic) bond motifs is 17. The number of para-hydroxylation sites is 2. The van der Waals surface area contributed by atoms with Crippen molar-refractivity contribution in [2.75, 3.05) is 0 Å². The molecule has 5 nitrogen and oxygen atoms in total. The maximum atomic E-state index is 5.57. The Bertz CT molecular complexity index is 3810. The Morgan fingerprint density at radius 1 is 0.317 bits per heavy atom. The van der Waals surface area contributed by atoms with Crippen LogP contribution in [0.25, 0.3) is 100 Å². The van der Waals surface area contributed by atoms with Crippen molar-refractivity contribution in [1.82, 2.24) is 24.1 Å². The second kappa shape index (κ2) is 12.8. The summed E-state index contributed by atoms with van der Waals surface area (Å²) < 4.78 is 4.52. The van der Waals surface area contributed by atoms with Crippen LogP contribution in [0.4, 0.5) is 0 Å². The molecule has 0 amide bonds. The Kier molecular flexibility index (Phi) is 6.97. The number of rotatable bonds is 4. The van der Waals surface area contributed by atoms with Crippen LogP contribution < -0.4 is 0 Å². The monoisotopic (exact) mass is 801 g/mol. The van der Waals surface area contributed by atoms with Gasteiger partial charge in [-0.15, -0.1) is 0 Å². The fourth-order valence-electron chi connectivity index (χ4n) is 11.1. The van der Waals surface area contributed by atoms with E-state index >= 15 is 0 Å². The predicted molar refractivity (Wildman–Crippen MR) is 256 cm³/mol. The Morgan fingerprint density at radius 3 is 1.51 bits per heavy atom. The van der Waals surface area contributed by atoms with Crippen LogP contribution in [0.5, 0.6) is 0 Å². The molecule has 0 aliphatic heterocycles. The first-order chi connectivity index (χ1) is 31.3. The van der Waals surface area contributed by atoms with E-state index in [1.54, 1.807) is 0 Å². The van der Waals surface area contributed by atoms with E-state index in [0.29, 0.717) is 17.7 Å². The van der Waals surface area contributed by atoms with Gasteiger partial charge in [0, 0.05) is 32.7 Å². The van der Waals surface area contributed by atoms with E-state index in [0.717, 1.165) is 54.7 Å². The Labute approximate surface area is 362 Å². The molecule has 0 atom stereocenters. The molecule has 0 radical (unpaired) electrons. The van der Waals surface area contributed by atoms with Crippen LogP contribution in [0.2, 0.25) is 0 Å². The van der Waals surface area contributed by atoms with Crippen LogP contribution in [0.1, 0.15) is 22.3 Å². The van der Waals surface area contributed by atoms with Gasteiger partial charge in [-0.3, -0.25) is 9.13 Å². The summed E-state index contributed by atoms with van der Waals surface area (Å²) in [4.78, 5) is 16.4. The first-order valence-electron chi connectivity index (χ1n) is 21.5. The molecule has 0 unspecified atom stereocenters. The molecule has 3 aromatic heterocycles. The summed E-state index contributed by atoms with van der Waals surface area (Å²) in [5, 5.41) is 4.59. The Morgan fingerprint density at radius 2 is 0.825 bits per heavy atom. The normalized spacial score (nSPS) is 13.2. The highest BCUT2D eigenvalue weighted by Crippen LogP contribution is 2.64. The first kappa shape index (κ1) is 34.3. The van der Waals surface area contributed by atoms with Gasteiger partial charge in [0.05, 0.1) is 27.5 Å². The fourth-order valence-corrected chi connectivity index (χ4v) is 11.1. The average Bonchev–Trinajstić information content (AvgIpc) is 4.06. The molecule has 2 aliphatic carbocycles. The molecule has 0 N–H and O–H groups in total. The molecule has 14 rings (SSSR count). The summed E-state index contributed by atoms with van der Waals surface area (Å²) >= 11 is 0. The molecule has 1 spiro atoms. The van der Waals surface area contributed by atoms with E-state index < -0.39 is 5.41 Å². The van der Waals surface area contributed by atoms with E-state index in [-0.39, 0.29) is 0 Å². The molecule has 9 aromatic carbocycles. The van der Waals surface area contributed by atoms with Crippen LogP contribution >= 0.6 is 0 Å². The third-order valence-electron chi connectivity index (χ3n) is 13.6. The second-order valence-corrected chi connectivity index (χ2v) is 16.7. The molecule has 0 saturated carbocycles. The zero-order valence-corrected chi connectivity index (χ0v) is 33.9. The molecule has 5 heteroatoms. The van der Waals surface area contributed by atoms with Crippen LogP contribution in [0.15, 0.2) is 212 Å². The summed E-state index contributed by atoms with van der Waals surface area (Å²) in [7, 11) is 0. The van der Waals surface area contributed by atoms with Gasteiger partial charge in [0.15, 0.2) is 5.82 Å². The van der Waals surface area contributed by atoms with Gasteiger partial charge in [-0.1, -0.05) is 188 Å². The summed E-state index contributed by atoms with van der Waals surface area (Å²) in [5.41, 5.74) is 17.2. The molecule has 12 aromatic rings. The van der Waals surface area contributed by atoms with E-state index in [1.807, 2.05) is 18.2 Å². The lowest BCUT2D eigenvalue weighted by atomic mass is 9.70. The minimum atomic E-state index is -0.490. The van der Waals surface area contributed by atoms with Crippen LogP contribution in [-0.4, -0.2) is 24.1 Å². The van der Waals surface area contributed by atoms with Gasteiger partial charge >= 0.3 is 0 Å². The van der Waals surface area contributed by atoms with Crippen LogP contribution in [-0.2, 0) is 5.41 Å². The lowest BCUT2D eigenvalue weighted by Gasteiger charge is -2.30. The molecule has 0 fully saturated rings. The number of hydrogen-bond acceptors (Lipinski definition) is 3. The number of nitrogens with zero attached hydrogens (tertiary/aromatic N) is 5. The van der Waals surface area contributed by atoms with E-state index in [2.05, 4.69) is 203 Å². The zero-order valence-electron chi connectivity index (χ0n) is 33.9. The minimum absolute atomic E-state index is 0.490. The molecule has 2 aliphatic rings. The lowest BCUT2D eigenvalue weighted by molar-refractivity contribution is 0.794. The van der Waals surface area contributed by atoms with Crippen LogP contribution in [0, 0.1) is 0 Å². The van der Waals surface area contributed by atoms with Crippen molar-refractivity contribution in [1.29, 1.82) is 0 Å². The Hall–Kier alpha value is -8.41. The van der Waals surface area contributed by atoms with Gasteiger partial charge in [0.25, 0.3) is 0 Å². The van der Waals surface area contributed by atoms with E-state index in [1.165, 1.54) is 50.1 Å². The third-order valence-corrected chi connectivity index (χ3v) is 13.6. The van der Waals surface area contributed by atoms with E-state index in [4.69, 9.17) is 15.0 Å². The van der Waals surface area contributed by atoms with Gasteiger partial charge in [0.1, 0.15) is 0 Å². The largest absolute Gasteiger partial charge is 0.278 e. The summed E-state index contributed by atoms with van der Waals surface area (Å²) in [5.74, 6) is 1.74. The number of aromatic nitrogens is 5. The van der Waals surface area contributed by atoms with Crippen molar-refractivity contribution >= 4 is 43.6 Å². The van der Waals surface area contributed by atoms with Crippen molar-refractivity contribution in [3.05, 3.63) is 235 Å². The minimum Gasteiger partial charge on any atom is -0.278 e. The predicted octanol–water partition coefficient (Wildman–Crippen LogP) is 13.7. The summed E-state index contributed by atoms with van der Waals surface area (Å²) in [6.07, 6.45) is 0. The lowest BCUT2D eigenvalue weighted by Crippen LogP contribution is -2.25. The highest BCUT2D eigenvalue weighted by atomic mass is 15.3. The van der Waals surface area contributed by atoms with E-state index in [9.17, 15) is 0 Å². The summed E-state index contributed by atoms with van der Waals surface area (Å²) in [6.45, 7) is 0. The van der Waals surface area contributed by atoms with Gasteiger partial charge in [-0.2, -0.15) is 15.0 Å². The smallest absolute Gasteiger partial charge is 0.240 e. The molecular weight excluding hydrogens is 767 g/mol. The average molecular weight is 802 g/mol. The zero-order chi connectivity index (χ0) is 41.2. The standard InChI is InChI=1S/C58H35N5/c1-3-17-36(18-4-1)38-31-34-52-45(35-38)42-24-11-15-29-50(42)62(52)56-59-55(37-19-5-2-6-20-37)60-57(61-56)63-51-30-16-10-23-41(51)43-32-33-49-53(54(43)63)44-25-9-14-28-48(44)58(49)46-26-12-7-21-39(46)40-22-8-13-27-47(40)58/h1-35H. The van der Waals surface area contributed by atoms with Gasteiger partial charge in [-0.25, -0.2) is 0 Å². The fraction of sp³-hybridized carbons (Fsp3) is 0.0172. The van der Waals surface area contributed by atoms with Crippen molar-refractivity contribution in [3.8, 4) is 56.7 Å². The molecule has 63 heavy (non-hydrogen) atoms. The quantitative estimate of drug-likeness (QED) is 0.178. The molecule has 0 bridgehead atoms. The highest BCUT2D eigenvalue weighted by molar-refractivity contribution is 6.16. The highest BCUT2D eigenvalue weighted by Gasteiger charge is 2.52. The SMILES string of the molecule is c1ccc(-c2ccc3c(c2)c2ccccc2n3-c2nc(-c3ccccc3)nc(-n3c4ccccc4c4ccc5c(c43)-c3ccccc3C53c4ccccc4-c4ccccc43)n2)cc1. The summed E-state index contributed by atoms with van der Waals surface area (Å²) in [6, 6.07) is 76.6. The van der Waals surface area contributed by atoms with Gasteiger partial charge in [0.2, 0.25) is 11.9 Å². The molecular formula is C58H35N5. The van der Waals surface area contributed by atoms with Crippen LogP contribution in [0.3, 0.4) is 0 Å². The topological polar surface area (TPSA) is 48.5 Å². The third kappa shape index (κ3) is 4.57. The number of benzene rings is 9. The van der Waals surface area contributed by atoms with Crippen molar-refractivity contribution in [3.63, 3.8) is 0 Å². The molecule has 292 valence electrons. The second-order valence-electron chi connectivity index (χ2n) is 16.7. The maximum Gasteiger partial charge on any atom is 0.240 e. The molecule has 0 saturated heterocycles. The van der Waals surface area contributed by atoms with Crippen molar-refractivity contribution in [2.24, 2.45) is 0 Å². The first-order valence-corrected chi connectivity index (χ1v) is 21.5. The number of hydrogen-bond donors (Lipinski definition) is 0. The Balaban J connectivity index is 1.10. The molecule has 3 heterocycles. The van der Waals surface area contributed by atoms with Crippen molar-refractivity contribution < 1.29 is 0 Å². The van der Waals surface area contributed by atoms with Gasteiger partial charge in [-0.05, 0) is 74.3 Å². The maximum absolute atomic E-state index is 5.57. The van der Waals surface area contributed by atoms with Gasteiger partial charge < -0.3 is 0 Å². The van der Waals surface area contributed by atoms with Crippen molar-refractivity contribution in [2.45, 2.75) is 5.41 Å².